The summed E-state index contributed by atoms with van der Waals surface area (Å²) in [4.78, 5) is 16.8. The highest BCUT2D eigenvalue weighted by molar-refractivity contribution is 7.98. The van der Waals surface area contributed by atoms with Crippen LogP contribution in [0.1, 0.15) is 35.7 Å². The fourth-order valence-corrected chi connectivity index (χ4v) is 3.70. The van der Waals surface area contributed by atoms with E-state index in [0.29, 0.717) is 5.56 Å². The van der Waals surface area contributed by atoms with Crippen LogP contribution in [0, 0.1) is 0 Å². The summed E-state index contributed by atoms with van der Waals surface area (Å²) < 4.78 is 7.63. The van der Waals surface area contributed by atoms with Crippen molar-refractivity contribution < 1.29 is 9.53 Å². The number of benzene rings is 1. The molecule has 24 heavy (non-hydrogen) atoms. The van der Waals surface area contributed by atoms with E-state index in [-0.39, 0.29) is 18.1 Å². The highest BCUT2D eigenvalue weighted by Gasteiger charge is 2.24. The molecule has 3 rings (SSSR count). The number of hydrogen-bond donors (Lipinski definition) is 1. The van der Waals surface area contributed by atoms with Crippen molar-refractivity contribution in [3.8, 4) is 0 Å². The van der Waals surface area contributed by atoms with E-state index in [0.717, 1.165) is 35.9 Å². The van der Waals surface area contributed by atoms with Gasteiger partial charge in [-0.3, -0.25) is 4.79 Å². The third kappa shape index (κ3) is 4.19. The number of nitrogens with one attached hydrogen (secondary N) is 1. The van der Waals surface area contributed by atoms with Gasteiger partial charge in [0, 0.05) is 37.4 Å². The molecule has 2 heterocycles. The monoisotopic (exact) mass is 345 g/mol. The summed E-state index contributed by atoms with van der Waals surface area (Å²) in [6.45, 7) is 2.80. The third-order valence-corrected chi connectivity index (χ3v) is 5.34. The van der Waals surface area contributed by atoms with Crippen LogP contribution in [0.15, 0.2) is 41.8 Å². The summed E-state index contributed by atoms with van der Waals surface area (Å²) in [6.07, 6.45) is 5.94. The standard InChI is InChI=1S/C18H23N3O2S/c1-13(16-7-4-10-23-16)20-17(22)15-6-3-5-14(11-15)12-24-18-19-8-9-21(18)2/h3,5-6,8-9,11,13,16H,4,7,10,12H2,1-2H3,(H,20,22)/t13-,16+/m1/s1. The lowest BCUT2D eigenvalue weighted by Gasteiger charge is -2.20. The van der Waals surface area contributed by atoms with E-state index >= 15 is 0 Å². The number of aryl methyl sites for hydroxylation is 1. The van der Waals surface area contributed by atoms with Gasteiger partial charge in [0.05, 0.1) is 12.1 Å². The topological polar surface area (TPSA) is 56.2 Å². The van der Waals surface area contributed by atoms with Gasteiger partial charge < -0.3 is 14.6 Å². The quantitative estimate of drug-likeness (QED) is 0.818. The number of thioether (sulfide) groups is 1. The summed E-state index contributed by atoms with van der Waals surface area (Å²) in [5.74, 6) is 0.745. The molecule has 1 fully saturated rings. The maximum absolute atomic E-state index is 12.5. The molecule has 1 amide bonds. The number of hydrogen-bond acceptors (Lipinski definition) is 4. The molecule has 1 aliphatic heterocycles. The lowest BCUT2D eigenvalue weighted by molar-refractivity contribution is 0.0712. The second-order valence-electron chi connectivity index (χ2n) is 6.12. The van der Waals surface area contributed by atoms with Gasteiger partial charge in [-0.15, -0.1) is 0 Å². The SMILES string of the molecule is C[C@@H](NC(=O)c1cccc(CSc2nccn2C)c1)[C@@H]1CCCO1. The van der Waals surface area contributed by atoms with Crippen LogP contribution in [0.4, 0.5) is 0 Å². The summed E-state index contributed by atoms with van der Waals surface area (Å²) in [7, 11) is 1.98. The maximum atomic E-state index is 12.5. The van der Waals surface area contributed by atoms with Crippen LogP contribution in [0.5, 0.6) is 0 Å². The summed E-state index contributed by atoms with van der Waals surface area (Å²) in [5.41, 5.74) is 1.80. The average Bonchev–Trinajstić information content (AvgIpc) is 3.25. The molecule has 6 heteroatoms. The number of carbonyl (C=O) groups excluding carboxylic acids is 1. The first kappa shape index (κ1) is 17.0. The van der Waals surface area contributed by atoms with E-state index in [1.54, 1.807) is 18.0 Å². The molecule has 128 valence electrons. The Balaban J connectivity index is 1.59. The molecule has 2 atom stereocenters. The first-order valence-corrected chi connectivity index (χ1v) is 9.23. The van der Waals surface area contributed by atoms with Crippen molar-refractivity contribution >= 4 is 17.7 Å². The molecule has 0 bridgehead atoms. The van der Waals surface area contributed by atoms with Gasteiger partial charge in [-0.05, 0) is 37.5 Å². The second-order valence-corrected chi connectivity index (χ2v) is 7.07. The van der Waals surface area contributed by atoms with Gasteiger partial charge >= 0.3 is 0 Å². The molecule has 1 aromatic carbocycles. The molecule has 1 aromatic heterocycles. The van der Waals surface area contributed by atoms with Gasteiger partial charge in [0.2, 0.25) is 0 Å². The molecule has 2 aromatic rings. The smallest absolute Gasteiger partial charge is 0.251 e. The minimum absolute atomic E-state index is 0.0330. The zero-order valence-electron chi connectivity index (χ0n) is 14.1. The van der Waals surface area contributed by atoms with Crippen LogP contribution in [0.3, 0.4) is 0 Å². The zero-order chi connectivity index (χ0) is 16.9. The van der Waals surface area contributed by atoms with Crippen LogP contribution in [0.2, 0.25) is 0 Å². The van der Waals surface area contributed by atoms with Gasteiger partial charge in [0.15, 0.2) is 5.16 Å². The number of rotatable bonds is 6. The zero-order valence-corrected chi connectivity index (χ0v) is 14.9. The first-order valence-electron chi connectivity index (χ1n) is 8.25. The van der Waals surface area contributed by atoms with Gasteiger partial charge in [-0.1, -0.05) is 23.9 Å². The second kappa shape index (κ2) is 7.85. The van der Waals surface area contributed by atoms with Crippen molar-refractivity contribution in [2.75, 3.05) is 6.61 Å². The number of imidazole rings is 1. The van der Waals surface area contributed by atoms with Crippen molar-refractivity contribution in [3.05, 3.63) is 47.8 Å². The molecule has 0 radical (unpaired) electrons. The largest absolute Gasteiger partial charge is 0.376 e. The van der Waals surface area contributed by atoms with Crippen molar-refractivity contribution in [2.24, 2.45) is 7.05 Å². The molecule has 5 nitrogen and oxygen atoms in total. The molecule has 0 aliphatic carbocycles. The van der Waals surface area contributed by atoms with Gasteiger partial charge in [0.25, 0.3) is 5.91 Å². The molecule has 0 unspecified atom stereocenters. The third-order valence-electron chi connectivity index (χ3n) is 4.22. The summed E-state index contributed by atoms with van der Waals surface area (Å²) in [6, 6.07) is 7.81. The Bertz CT molecular complexity index is 695. The van der Waals surface area contributed by atoms with E-state index in [2.05, 4.69) is 10.3 Å². The number of nitrogens with zero attached hydrogens (tertiary/aromatic N) is 2. The molecular weight excluding hydrogens is 322 g/mol. The highest BCUT2D eigenvalue weighted by Crippen LogP contribution is 2.21. The number of carbonyl (C=O) groups is 1. The van der Waals surface area contributed by atoms with E-state index < -0.39 is 0 Å². The fraction of sp³-hybridized carbons (Fsp3) is 0.444. The number of amides is 1. The Morgan fingerprint density at radius 2 is 2.42 bits per heavy atom. The Morgan fingerprint density at radius 1 is 1.54 bits per heavy atom. The Labute approximate surface area is 146 Å². The van der Waals surface area contributed by atoms with Crippen molar-refractivity contribution in [3.63, 3.8) is 0 Å². The van der Waals surface area contributed by atoms with Crippen LogP contribution in [-0.4, -0.2) is 34.2 Å². The molecule has 1 N–H and O–H groups in total. The summed E-state index contributed by atoms with van der Waals surface area (Å²) in [5, 5.41) is 4.03. The normalized spacial score (nSPS) is 18.5. The molecule has 1 saturated heterocycles. The summed E-state index contributed by atoms with van der Waals surface area (Å²) >= 11 is 1.66. The van der Waals surface area contributed by atoms with E-state index in [1.807, 2.05) is 49.0 Å². The minimum atomic E-state index is -0.0400. The fourth-order valence-electron chi connectivity index (χ4n) is 2.82. The lowest BCUT2D eigenvalue weighted by Crippen LogP contribution is -2.40. The maximum Gasteiger partial charge on any atom is 0.251 e. The van der Waals surface area contributed by atoms with Crippen molar-refractivity contribution in [2.45, 2.75) is 42.8 Å². The lowest BCUT2D eigenvalue weighted by atomic mass is 10.1. The minimum Gasteiger partial charge on any atom is -0.376 e. The van der Waals surface area contributed by atoms with Crippen LogP contribution < -0.4 is 5.32 Å². The van der Waals surface area contributed by atoms with Gasteiger partial charge in [-0.2, -0.15) is 0 Å². The predicted octanol–water partition coefficient (Wildman–Crippen LogP) is 3.01. The number of ether oxygens (including phenoxy) is 1. The first-order chi connectivity index (χ1) is 11.6. The van der Waals surface area contributed by atoms with Gasteiger partial charge in [-0.25, -0.2) is 4.98 Å². The molecule has 0 spiro atoms. The number of aromatic nitrogens is 2. The Kier molecular flexibility index (Phi) is 5.58. The molecule has 0 saturated carbocycles. The van der Waals surface area contributed by atoms with Crippen LogP contribution in [-0.2, 0) is 17.5 Å². The Morgan fingerprint density at radius 3 is 3.12 bits per heavy atom. The molecule has 1 aliphatic rings. The van der Waals surface area contributed by atoms with E-state index in [9.17, 15) is 4.79 Å². The van der Waals surface area contributed by atoms with Crippen LogP contribution in [0.25, 0.3) is 0 Å². The van der Waals surface area contributed by atoms with Gasteiger partial charge in [0.1, 0.15) is 0 Å². The average molecular weight is 345 g/mol. The molecular formula is C18H23N3O2S. The van der Waals surface area contributed by atoms with Crippen LogP contribution >= 0.6 is 11.8 Å². The van der Waals surface area contributed by atoms with E-state index in [1.165, 1.54) is 0 Å². The predicted molar refractivity (Wildman–Crippen MR) is 95.1 cm³/mol. The van der Waals surface area contributed by atoms with E-state index in [4.69, 9.17) is 4.74 Å². The highest BCUT2D eigenvalue weighted by atomic mass is 32.2. The van der Waals surface area contributed by atoms with Crippen molar-refractivity contribution in [1.82, 2.24) is 14.9 Å². The Hall–Kier alpha value is -1.79. The van der Waals surface area contributed by atoms with Crippen molar-refractivity contribution in [1.29, 1.82) is 0 Å².